The molecule has 0 spiro atoms. The van der Waals surface area contributed by atoms with Gasteiger partial charge in [-0.15, -0.1) is 0 Å². The highest BCUT2D eigenvalue weighted by Crippen LogP contribution is 2.42. The van der Waals surface area contributed by atoms with Crippen LogP contribution in [0.5, 0.6) is 11.5 Å². The minimum Gasteiger partial charge on any atom is -0.491 e. The molecule has 358 valence electrons. The Labute approximate surface area is 386 Å². The van der Waals surface area contributed by atoms with Gasteiger partial charge in [0.2, 0.25) is 11.8 Å². The lowest BCUT2D eigenvalue weighted by atomic mass is 9.85. The number of carbonyl (C=O) groups excluding carboxylic acids is 4. The van der Waals surface area contributed by atoms with E-state index in [1.807, 2.05) is 77.9 Å². The Kier molecular flexibility index (Phi) is 16.0. The maximum atomic E-state index is 14.0. The SMILES string of the molecule is COCCOc1cc(-c2cnc([C@@H]3CCCN3C(=O)[C@@H](NC(=O)OC)C(C)(C)C)[nH]2)ccc1-c1ccc(-c2cnc([C@@H]3CCCN3C(=O)[C@@H](NC(=O)OC)C(C)(C)C)[nH]2)cc1OCCOC. The summed E-state index contributed by atoms with van der Waals surface area (Å²) >= 11 is 0. The molecule has 66 heavy (non-hydrogen) atoms. The number of likely N-dealkylation sites (tertiary alicyclic amines) is 2. The van der Waals surface area contributed by atoms with Gasteiger partial charge in [0.15, 0.2) is 0 Å². The number of nitrogens with one attached hydrogen (secondary N) is 4. The molecule has 0 saturated carbocycles. The van der Waals surface area contributed by atoms with E-state index in [1.165, 1.54) is 14.2 Å². The van der Waals surface area contributed by atoms with E-state index in [-0.39, 0.29) is 23.9 Å². The lowest BCUT2D eigenvalue weighted by molar-refractivity contribution is -0.137. The van der Waals surface area contributed by atoms with Gasteiger partial charge in [0.25, 0.3) is 0 Å². The standard InChI is InChI=1S/C48H66N8O10/c1-47(2,3)39(53-45(59)63-9)43(57)55-19-11-13-35(55)41-49-27-33(51-41)29-15-17-31(37(25-29)65-23-21-61-7)32-18-16-30(26-38(32)66-24-22-62-8)34-28-50-42(52-34)36-14-12-20-56(36)44(58)40(48(4,5)6)54-46(60)64-10/h15-18,25-28,35-36,39-40H,11-14,19-24H2,1-10H3,(H,49,51)(H,50,52)(H,53,59)(H,54,60)/t35-,36-,39+,40+/m0/s1. The average Bonchev–Trinajstić information content (AvgIpc) is 4.13. The number of rotatable bonds is 17. The Balaban J connectivity index is 1.29. The fraction of sp³-hybridized carbons (Fsp3) is 0.542. The van der Waals surface area contributed by atoms with Crippen molar-refractivity contribution in [1.82, 2.24) is 40.4 Å². The molecule has 2 saturated heterocycles. The van der Waals surface area contributed by atoms with Crippen LogP contribution in [0.4, 0.5) is 9.59 Å². The van der Waals surface area contributed by atoms with Crippen LogP contribution in [0.15, 0.2) is 48.8 Å². The number of amides is 4. The van der Waals surface area contributed by atoms with Crippen LogP contribution in [0.25, 0.3) is 33.6 Å². The molecule has 2 aromatic heterocycles. The van der Waals surface area contributed by atoms with Gasteiger partial charge in [-0.05, 0) is 60.8 Å². The highest BCUT2D eigenvalue weighted by molar-refractivity contribution is 5.88. The number of methoxy groups -OCH3 is 4. The van der Waals surface area contributed by atoms with E-state index >= 15 is 0 Å². The number of nitrogens with zero attached hydrogens (tertiary/aromatic N) is 4. The molecule has 4 atom stereocenters. The van der Waals surface area contributed by atoms with Gasteiger partial charge < -0.3 is 58.8 Å². The summed E-state index contributed by atoms with van der Waals surface area (Å²) in [5, 5.41) is 5.48. The van der Waals surface area contributed by atoms with E-state index < -0.39 is 35.1 Å². The molecule has 4 aromatic rings. The van der Waals surface area contributed by atoms with Crippen LogP contribution in [0, 0.1) is 10.8 Å². The predicted octanol–water partition coefficient (Wildman–Crippen LogP) is 7.05. The molecule has 0 radical (unpaired) electrons. The Bertz CT molecular complexity index is 2150. The molecule has 18 heteroatoms. The first-order chi connectivity index (χ1) is 31.5. The smallest absolute Gasteiger partial charge is 0.407 e. The van der Waals surface area contributed by atoms with Crippen molar-refractivity contribution >= 4 is 24.0 Å². The van der Waals surface area contributed by atoms with Crippen molar-refractivity contribution in [3.05, 3.63) is 60.4 Å². The molecule has 2 aliphatic heterocycles. The van der Waals surface area contributed by atoms with E-state index in [9.17, 15) is 19.2 Å². The zero-order chi connectivity index (χ0) is 47.8. The zero-order valence-electron chi connectivity index (χ0n) is 39.9. The van der Waals surface area contributed by atoms with Crippen LogP contribution in [-0.2, 0) is 28.5 Å². The van der Waals surface area contributed by atoms with Crippen molar-refractivity contribution in [1.29, 1.82) is 0 Å². The Hall–Kier alpha value is -6.14. The van der Waals surface area contributed by atoms with Crippen molar-refractivity contribution in [2.24, 2.45) is 10.8 Å². The third-order valence-electron chi connectivity index (χ3n) is 12.0. The van der Waals surface area contributed by atoms with Crippen LogP contribution < -0.4 is 20.1 Å². The monoisotopic (exact) mass is 914 g/mol. The second-order valence-electron chi connectivity index (χ2n) is 18.7. The van der Waals surface area contributed by atoms with Crippen LogP contribution in [0.1, 0.15) is 91.0 Å². The third-order valence-corrected chi connectivity index (χ3v) is 12.0. The lowest BCUT2D eigenvalue weighted by Crippen LogP contribution is -2.54. The molecular weight excluding hydrogens is 849 g/mol. The first kappa shape index (κ1) is 49.3. The molecule has 0 unspecified atom stereocenters. The van der Waals surface area contributed by atoms with Crippen LogP contribution in [0.2, 0.25) is 0 Å². The van der Waals surface area contributed by atoms with Crippen molar-refractivity contribution in [2.75, 3.05) is 68.0 Å². The van der Waals surface area contributed by atoms with Gasteiger partial charge in [0.1, 0.15) is 48.4 Å². The molecular formula is C48H66N8O10. The summed E-state index contributed by atoms with van der Waals surface area (Å²) in [5.41, 5.74) is 3.57. The topological polar surface area (TPSA) is 212 Å². The number of aromatic amines is 2. The third kappa shape index (κ3) is 11.4. The molecule has 4 heterocycles. The summed E-state index contributed by atoms with van der Waals surface area (Å²) in [7, 11) is 5.80. The zero-order valence-corrected chi connectivity index (χ0v) is 39.9. The summed E-state index contributed by atoms with van der Waals surface area (Å²) in [5.74, 6) is 2.10. The number of aromatic nitrogens is 4. The van der Waals surface area contributed by atoms with Gasteiger partial charge in [-0.25, -0.2) is 19.6 Å². The quantitative estimate of drug-likeness (QED) is 0.0785. The maximum Gasteiger partial charge on any atom is 0.407 e. The van der Waals surface area contributed by atoms with Gasteiger partial charge in [0, 0.05) is 49.6 Å². The minimum atomic E-state index is -0.792. The Morgan fingerprint density at radius 1 is 0.636 bits per heavy atom. The van der Waals surface area contributed by atoms with Gasteiger partial charge >= 0.3 is 12.2 Å². The molecule has 6 rings (SSSR count). The van der Waals surface area contributed by atoms with Crippen LogP contribution in [0.3, 0.4) is 0 Å². The molecule has 2 aliphatic rings. The summed E-state index contributed by atoms with van der Waals surface area (Å²) in [4.78, 5) is 72.4. The highest BCUT2D eigenvalue weighted by atomic mass is 16.5. The van der Waals surface area contributed by atoms with Gasteiger partial charge in [-0.3, -0.25) is 9.59 Å². The number of H-pyrrole nitrogens is 2. The van der Waals surface area contributed by atoms with Gasteiger partial charge in [0.05, 0.1) is 63.3 Å². The first-order valence-corrected chi connectivity index (χ1v) is 22.4. The molecule has 0 aliphatic carbocycles. The van der Waals surface area contributed by atoms with Gasteiger partial charge in [-0.2, -0.15) is 0 Å². The fourth-order valence-corrected chi connectivity index (χ4v) is 8.45. The number of imidazole rings is 2. The lowest BCUT2D eigenvalue weighted by Gasteiger charge is -2.35. The molecule has 4 N–H and O–H groups in total. The minimum absolute atomic E-state index is 0.192. The average molecular weight is 915 g/mol. The summed E-state index contributed by atoms with van der Waals surface area (Å²) in [6, 6.07) is 9.63. The van der Waals surface area contributed by atoms with Crippen LogP contribution >= 0.6 is 0 Å². The second-order valence-corrected chi connectivity index (χ2v) is 18.7. The van der Waals surface area contributed by atoms with E-state index in [1.54, 1.807) is 36.4 Å². The number of carbonyl (C=O) groups is 4. The number of hydrogen-bond acceptors (Lipinski definition) is 12. The molecule has 2 aromatic carbocycles. The maximum absolute atomic E-state index is 14.0. The first-order valence-electron chi connectivity index (χ1n) is 22.4. The molecule has 18 nitrogen and oxygen atoms in total. The van der Waals surface area contributed by atoms with Gasteiger partial charge in [-0.1, -0.05) is 53.7 Å². The number of benzene rings is 2. The molecule has 0 bridgehead atoms. The number of alkyl carbamates (subject to hydrolysis) is 2. The van der Waals surface area contributed by atoms with E-state index in [0.717, 1.165) is 46.5 Å². The number of ether oxygens (including phenoxy) is 6. The van der Waals surface area contributed by atoms with E-state index in [2.05, 4.69) is 20.6 Å². The Morgan fingerprint density at radius 3 is 1.38 bits per heavy atom. The second kappa shape index (κ2) is 21.4. The molecule has 2 fully saturated rings. The summed E-state index contributed by atoms with van der Waals surface area (Å²) in [6.07, 6.45) is 5.21. The molecule has 4 amide bonds. The normalized spacial score (nSPS) is 17.3. The highest BCUT2D eigenvalue weighted by Gasteiger charge is 2.43. The number of hydrogen-bond donors (Lipinski definition) is 4. The predicted molar refractivity (Wildman–Crippen MR) is 247 cm³/mol. The summed E-state index contributed by atoms with van der Waals surface area (Å²) < 4.78 is 33.1. The van der Waals surface area contributed by atoms with Crippen molar-refractivity contribution < 1.29 is 47.6 Å². The summed E-state index contributed by atoms with van der Waals surface area (Å²) in [6.45, 7) is 13.8. The van der Waals surface area contributed by atoms with Crippen molar-refractivity contribution in [3.63, 3.8) is 0 Å². The van der Waals surface area contributed by atoms with E-state index in [0.29, 0.717) is 75.5 Å². The van der Waals surface area contributed by atoms with Crippen molar-refractivity contribution in [2.45, 2.75) is 91.4 Å². The van der Waals surface area contributed by atoms with Crippen LogP contribution in [-0.4, -0.2) is 134 Å². The van der Waals surface area contributed by atoms with Crippen molar-refractivity contribution in [3.8, 4) is 45.1 Å². The fourth-order valence-electron chi connectivity index (χ4n) is 8.45. The van der Waals surface area contributed by atoms with E-state index in [4.69, 9.17) is 38.4 Å². The largest absolute Gasteiger partial charge is 0.491 e. The Morgan fingerprint density at radius 2 is 1.03 bits per heavy atom.